The van der Waals surface area contributed by atoms with Crippen molar-refractivity contribution in [2.75, 3.05) is 11.4 Å². The number of nitrogens with one attached hydrogen (secondary N) is 1. The number of halogens is 1. The molecule has 1 N–H and O–H groups in total. The summed E-state index contributed by atoms with van der Waals surface area (Å²) >= 11 is 0. The maximum Gasteiger partial charge on any atom is 0.188 e. The lowest BCUT2D eigenvalue weighted by molar-refractivity contribution is 0.453. The molecule has 27 heavy (non-hydrogen) atoms. The van der Waals surface area contributed by atoms with E-state index in [1.54, 1.807) is 28.9 Å². The van der Waals surface area contributed by atoms with Gasteiger partial charge in [-0.1, -0.05) is 12.1 Å². The Kier molecular flexibility index (Phi) is 3.81. The molecule has 1 atom stereocenters. The SMILES string of the molecule is Fc1ccccc1-c1nnc2ccc(N3CCCCC3c3ncc[nH]3)nn12. The third-order valence-corrected chi connectivity index (χ3v) is 5.00. The van der Waals surface area contributed by atoms with Crippen molar-refractivity contribution in [2.24, 2.45) is 0 Å². The van der Waals surface area contributed by atoms with Crippen LogP contribution in [0.15, 0.2) is 48.8 Å². The zero-order chi connectivity index (χ0) is 18.2. The van der Waals surface area contributed by atoms with Crippen LogP contribution in [0.3, 0.4) is 0 Å². The summed E-state index contributed by atoms with van der Waals surface area (Å²) in [7, 11) is 0. The molecule has 4 aromatic rings. The molecule has 136 valence electrons. The highest BCUT2D eigenvalue weighted by Crippen LogP contribution is 2.32. The van der Waals surface area contributed by atoms with Gasteiger partial charge in [0.1, 0.15) is 17.5 Å². The number of nitrogens with zero attached hydrogens (tertiary/aromatic N) is 6. The number of anilines is 1. The smallest absolute Gasteiger partial charge is 0.188 e. The molecule has 1 aliphatic heterocycles. The maximum absolute atomic E-state index is 14.3. The predicted octanol–water partition coefficient (Wildman–Crippen LogP) is 3.39. The van der Waals surface area contributed by atoms with Gasteiger partial charge in [0, 0.05) is 18.9 Å². The van der Waals surface area contributed by atoms with Crippen molar-refractivity contribution >= 4 is 11.5 Å². The number of hydrogen-bond acceptors (Lipinski definition) is 5. The van der Waals surface area contributed by atoms with Gasteiger partial charge in [-0.3, -0.25) is 0 Å². The molecular formula is C19H18FN7. The van der Waals surface area contributed by atoms with Gasteiger partial charge < -0.3 is 9.88 Å². The highest BCUT2D eigenvalue weighted by Gasteiger charge is 2.27. The fourth-order valence-electron chi connectivity index (χ4n) is 3.69. The Labute approximate surface area is 154 Å². The average molecular weight is 363 g/mol. The summed E-state index contributed by atoms with van der Waals surface area (Å²) in [6.07, 6.45) is 6.87. The molecule has 0 saturated carbocycles. The first-order valence-corrected chi connectivity index (χ1v) is 9.04. The molecule has 0 amide bonds. The first kappa shape index (κ1) is 15.9. The molecule has 0 aliphatic carbocycles. The average Bonchev–Trinajstić information content (AvgIpc) is 3.38. The first-order valence-electron chi connectivity index (χ1n) is 9.04. The van der Waals surface area contributed by atoms with E-state index in [1.165, 1.54) is 6.07 Å². The number of benzene rings is 1. The fraction of sp³-hybridized carbons (Fsp3) is 0.263. The second-order valence-electron chi connectivity index (χ2n) is 6.64. The topological polar surface area (TPSA) is 75.0 Å². The van der Waals surface area contributed by atoms with Gasteiger partial charge in [-0.25, -0.2) is 9.37 Å². The van der Waals surface area contributed by atoms with Crippen LogP contribution in [-0.2, 0) is 0 Å². The molecule has 1 aliphatic rings. The normalized spacial score (nSPS) is 17.5. The molecule has 3 aromatic heterocycles. The van der Waals surface area contributed by atoms with Crippen molar-refractivity contribution in [1.29, 1.82) is 0 Å². The molecule has 4 heterocycles. The Bertz CT molecular complexity index is 1070. The van der Waals surface area contributed by atoms with Crippen LogP contribution >= 0.6 is 0 Å². The zero-order valence-corrected chi connectivity index (χ0v) is 14.6. The van der Waals surface area contributed by atoms with E-state index in [0.717, 1.165) is 37.4 Å². The summed E-state index contributed by atoms with van der Waals surface area (Å²) in [5.41, 5.74) is 0.972. The number of H-pyrrole nitrogens is 1. The summed E-state index contributed by atoms with van der Waals surface area (Å²) in [5, 5.41) is 13.0. The second kappa shape index (κ2) is 6.46. The van der Waals surface area contributed by atoms with E-state index >= 15 is 0 Å². The van der Waals surface area contributed by atoms with Gasteiger partial charge in [0.15, 0.2) is 11.5 Å². The van der Waals surface area contributed by atoms with Crippen LogP contribution in [0.2, 0.25) is 0 Å². The Morgan fingerprint density at radius 1 is 1.07 bits per heavy atom. The van der Waals surface area contributed by atoms with Crippen molar-refractivity contribution in [1.82, 2.24) is 29.8 Å². The van der Waals surface area contributed by atoms with Crippen LogP contribution in [0.25, 0.3) is 17.0 Å². The van der Waals surface area contributed by atoms with E-state index in [1.807, 2.05) is 18.3 Å². The molecule has 1 unspecified atom stereocenters. The van der Waals surface area contributed by atoms with Crippen LogP contribution in [-0.4, -0.2) is 36.3 Å². The summed E-state index contributed by atoms with van der Waals surface area (Å²) in [6.45, 7) is 0.890. The molecule has 0 spiro atoms. The maximum atomic E-state index is 14.3. The standard InChI is InChI=1S/C19H18FN7/c20-14-6-2-1-5-13(14)19-24-23-16-8-9-17(25-27(16)19)26-12-4-3-7-15(26)18-21-10-11-22-18/h1-2,5-6,8-11,15H,3-4,7,12H2,(H,21,22). The Balaban J connectivity index is 1.60. The lowest BCUT2D eigenvalue weighted by Crippen LogP contribution is -2.35. The van der Waals surface area contributed by atoms with Crippen molar-refractivity contribution in [3.8, 4) is 11.4 Å². The highest BCUT2D eigenvalue weighted by molar-refractivity contribution is 5.60. The van der Waals surface area contributed by atoms with Gasteiger partial charge in [0.2, 0.25) is 0 Å². The monoisotopic (exact) mass is 363 g/mol. The fourth-order valence-corrected chi connectivity index (χ4v) is 3.69. The van der Waals surface area contributed by atoms with Crippen LogP contribution in [0, 0.1) is 5.82 Å². The van der Waals surface area contributed by atoms with Gasteiger partial charge in [-0.2, -0.15) is 4.52 Å². The van der Waals surface area contributed by atoms with E-state index in [-0.39, 0.29) is 11.9 Å². The molecule has 0 bridgehead atoms. The van der Waals surface area contributed by atoms with Gasteiger partial charge in [-0.15, -0.1) is 15.3 Å². The minimum absolute atomic E-state index is 0.145. The summed E-state index contributed by atoms with van der Waals surface area (Å²) in [4.78, 5) is 9.90. The van der Waals surface area contributed by atoms with Crippen LogP contribution in [0.4, 0.5) is 10.2 Å². The lowest BCUT2D eigenvalue weighted by Gasteiger charge is -2.35. The Morgan fingerprint density at radius 3 is 2.85 bits per heavy atom. The van der Waals surface area contributed by atoms with Gasteiger partial charge in [-0.05, 0) is 43.5 Å². The third kappa shape index (κ3) is 2.73. The summed E-state index contributed by atoms with van der Waals surface area (Å²) < 4.78 is 15.9. The molecule has 0 radical (unpaired) electrons. The van der Waals surface area contributed by atoms with Crippen LogP contribution < -0.4 is 4.90 Å². The number of hydrogen-bond donors (Lipinski definition) is 1. The molecule has 1 saturated heterocycles. The quantitative estimate of drug-likeness (QED) is 0.604. The molecule has 5 rings (SSSR count). The molecular weight excluding hydrogens is 345 g/mol. The number of fused-ring (bicyclic) bond motifs is 1. The second-order valence-corrected chi connectivity index (χ2v) is 6.64. The van der Waals surface area contributed by atoms with Crippen molar-refractivity contribution < 1.29 is 4.39 Å². The van der Waals surface area contributed by atoms with E-state index < -0.39 is 0 Å². The minimum Gasteiger partial charge on any atom is -0.347 e. The summed E-state index contributed by atoms with van der Waals surface area (Å²) in [5.74, 6) is 1.80. The molecule has 1 aromatic carbocycles. The third-order valence-electron chi connectivity index (χ3n) is 5.00. The number of imidazole rings is 1. The van der Waals surface area contributed by atoms with E-state index in [2.05, 4.69) is 25.1 Å². The number of rotatable bonds is 3. The Hall–Kier alpha value is -3.29. The van der Waals surface area contributed by atoms with Gasteiger partial charge in [0.25, 0.3) is 0 Å². The predicted molar refractivity (Wildman–Crippen MR) is 98.7 cm³/mol. The molecule has 7 nitrogen and oxygen atoms in total. The van der Waals surface area contributed by atoms with Crippen molar-refractivity contribution in [2.45, 2.75) is 25.3 Å². The van der Waals surface area contributed by atoms with Crippen LogP contribution in [0.1, 0.15) is 31.1 Å². The first-order chi connectivity index (χ1) is 13.3. The molecule has 1 fully saturated rings. The van der Waals surface area contributed by atoms with Crippen LogP contribution in [0.5, 0.6) is 0 Å². The minimum atomic E-state index is -0.342. The number of aromatic nitrogens is 6. The lowest BCUT2D eigenvalue weighted by atomic mass is 10.0. The van der Waals surface area contributed by atoms with Gasteiger partial charge in [0.05, 0.1) is 11.6 Å². The van der Waals surface area contributed by atoms with Crippen molar-refractivity contribution in [3.63, 3.8) is 0 Å². The van der Waals surface area contributed by atoms with Crippen molar-refractivity contribution in [3.05, 3.63) is 60.4 Å². The Morgan fingerprint density at radius 2 is 2.00 bits per heavy atom. The van der Waals surface area contributed by atoms with E-state index in [4.69, 9.17) is 5.10 Å². The zero-order valence-electron chi connectivity index (χ0n) is 14.6. The number of piperidine rings is 1. The highest BCUT2D eigenvalue weighted by atomic mass is 19.1. The molecule has 8 heteroatoms. The van der Waals surface area contributed by atoms with E-state index in [0.29, 0.717) is 17.0 Å². The number of aromatic amines is 1. The van der Waals surface area contributed by atoms with Gasteiger partial charge >= 0.3 is 0 Å². The largest absolute Gasteiger partial charge is 0.347 e. The van der Waals surface area contributed by atoms with E-state index in [9.17, 15) is 4.39 Å². The summed E-state index contributed by atoms with van der Waals surface area (Å²) in [6, 6.07) is 10.5.